The molecule has 1 saturated heterocycles. The lowest BCUT2D eigenvalue weighted by Crippen LogP contribution is -2.31. The highest BCUT2D eigenvalue weighted by Crippen LogP contribution is 1.98. The van der Waals surface area contributed by atoms with Crippen molar-refractivity contribution >= 4 is 0 Å². The molecule has 1 unspecified atom stereocenters. The molecule has 0 spiro atoms. The molecule has 1 heterocycles. The first-order valence-corrected chi connectivity index (χ1v) is 3.83. The smallest absolute Gasteiger partial charge is 0.0971 e. The van der Waals surface area contributed by atoms with E-state index in [4.69, 9.17) is 4.74 Å². The van der Waals surface area contributed by atoms with Crippen molar-refractivity contribution in [2.24, 2.45) is 0 Å². The first-order chi connectivity index (χ1) is 4.83. The first kappa shape index (κ1) is 7.98. The molecular weight excluding hydrogens is 128 g/mol. The van der Waals surface area contributed by atoms with Gasteiger partial charge in [-0.3, -0.25) is 5.32 Å². The number of hydrogen-bond acceptors (Lipinski definition) is 3. The van der Waals surface area contributed by atoms with Crippen molar-refractivity contribution in [3.63, 3.8) is 0 Å². The highest BCUT2D eigenvalue weighted by molar-refractivity contribution is 4.68. The van der Waals surface area contributed by atoms with Crippen molar-refractivity contribution in [1.29, 1.82) is 0 Å². The monoisotopic (exact) mass is 144 g/mol. The van der Waals surface area contributed by atoms with Gasteiger partial charge in [0, 0.05) is 13.1 Å². The van der Waals surface area contributed by atoms with Crippen molar-refractivity contribution < 1.29 is 4.74 Å². The number of nitrogens with one attached hydrogen (secondary N) is 1. The van der Waals surface area contributed by atoms with Gasteiger partial charge >= 0.3 is 0 Å². The second-order valence-electron chi connectivity index (χ2n) is 2.74. The summed E-state index contributed by atoms with van der Waals surface area (Å²) in [7, 11) is 2.11. The van der Waals surface area contributed by atoms with Gasteiger partial charge in [-0.25, -0.2) is 0 Å². The molecule has 1 rings (SSSR count). The molecule has 3 nitrogen and oxygen atoms in total. The molecule has 0 aromatic carbocycles. The molecule has 1 atom stereocenters. The molecule has 1 fully saturated rings. The summed E-state index contributed by atoms with van der Waals surface area (Å²) in [5.41, 5.74) is 0. The fraction of sp³-hybridized carbons (Fsp3) is 1.00. The molecule has 10 heavy (non-hydrogen) atoms. The topological polar surface area (TPSA) is 24.5 Å². The van der Waals surface area contributed by atoms with Gasteiger partial charge in [0.05, 0.1) is 12.8 Å². The van der Waals surface area contributed by atoms with Crippen LogP contribution in [-0.4, -0.2) is 44.4 Å². The quantitative estimate of drug-likeness (QED) is 0.598. The maximum atomic E-state index is 5.37. The normalized spacial score (nSPS) is 26.1. The zero-order chi connectivity index (χ0) is 7.40. The lowest BCUT2D eigenvalue weighted by atomic mass is 10.3. The van der Waals surface area contributed by atoms with E-state index < -0.39 is 0 Å². The molecule has 0 radical (unpaired) electrons. The SMILES string of the molecule is CCN(C)CC1CNCO1. The predicted octanol–water partition coefficient (Wildman–Crippen LogP) is -0.116. The van der Waals surface area contributed by atoms with E-state index in [0.29, 0.717) is 6.10 Å². The Balaban J connectivity index is 2.11. The minimum Gasteiger partial charge on any atom is -0.360 e. The molecule has 0 amide bonds. The van der Waals surface area contributed by atoms with E-state index >= 15 is 0 Å². The second kappa shape index (κ2) is 3.91. The van der Waals surface area contributed by atoms with E-state index in [1.54, 1.807) is 0 Å². The van der Waals surface area contributed by atoms with Crippen molar-refractivity contribution in [3.8, 4) is 0 Å². The average Bonchev–Trinajstić information content (AvgIpc) is 2.40. The van der Waals surface area contributed by atoms with E-state index in [0.717, 1.165) is 26.4 Å². The summed E-state index contributed by atoms with van der Waals surface area (Å²) < 4.78 is 5.37. The van der Waals surface area contributed by atoms with Gasteiger partial charge in [-0.2, -0.15) is 0 Å². The van der Waals surface area contributed by atoms with Gasteiger partial charge in [0.1, 0.15) is 0 Å². The largest absolute Gasteiger partial charge is 0.360 e. The van der Waals surface area contributed by atoms with Crippen LogP contribution in [0.5, 0.6) is 0 Å². The summed E-state index contributed by atoms with van der Waals surface area (Å²) in [6.07, 6.45) is 0.407. The Morgan fingerprint density at radius 2 is 2.50 bits per heavy atom. The van der Waals surface area contributed by atoms with E-state index in [2.05, 4.69) is 24.2 Å². The summed E-state index contributed by atoms with van der Waals surface area (Å²) in [6.45, 7) is 6.03. The zero-order valence-corrected chi connectivity index (χ0v) is 6.76. The van der Waals surface area contributed by atoms with Gasteiger partial charge in [-0.15, -0.1) is 0 Å². The van der Waals surface area contributed by atoms with Crippen molar-refractivity contribution in [2.75, 3.05) is 33.4 Å². The van der Waals surface area contributed by atoms with Crippen LogP contribution < -0.4 is 5.32 Å². The molecular formula is C7H16N2O. The third kappa shape index (κ3) is 2.25. The third-order valence-corrected chi connectivity index (χ3v) is 1.85. The molecule has 3 heteroatoms. The van der Waals surface area contributed by atoms with Gasteiger partial charge in [0.2, 0.25) is 0 Å². The van der Waals surface area contributed by atoms with Crippen LogP contribution in [0.3, 0.4) is 0 Å². The molecule has 0 aliphatic carbocycles. The van der Waals surface area contributed by atoms with Crippen LogP contribution in [0.15, 0.2) is 0 Å². The zero-order valence-electron chi connectivity index (χ0n) is 6.76. The van der Waals surface area contributed by atoms with E-state index in [9.17, 15) is 0 Å². The maximum absolute atomic E-state index is 5.37. The number of rotatable bonds is 3. The molecule has 0 saturated carbocycles. The van der Waals surface area contributed by atoms with E-state index in [1.165, 1.54) is 0 Å². The van der Waals surface area contributed by atoms with E-state index in [-0.39, 0.29) is 0 Å². The summed E-state index contributed by atoms with van der Waals surface area (Å²) in [5.74, 6) is 0. The van der Waals surface area contributed by atoms with E-state index in [1.807, 2.05) is 0 Å². The standard InChI is InChI=1S/C7H16N2O/c1-3-9(2)5-7-4-8-6-10-7/h7-8H,3-6H2,1-2H3. The van der Waals surface area contributed by atoms with Crippen LogP contribution in [0, 0.1) is 0 Å². The number of ether oxygens (including phenoxy) is 1. The molecule has 0 aromatic heterocycles. The van der Waals surface area contributed by atoms with Gasteiger partial charge < -0.3 is 9.64 Å². The Bertz CT molecular complexity index is 91.6. The Hall–Kier alpha value is -0.120. The third-order valence-electron chi connectivity index (χ3n) is 1.85. The Labute approximate surface area is 62.3 Å². The van der Waals surface area contributed by atoms with Crippen molar-refractivity contribution in [1.82, 2.24) is 10.2 Å². The minimum atomic E-state index is 0.407. The maximum Gasteiger partial charge on any atom is 0.0971 e. The number of likely N-dealkylation sites (N-methyl/N-ethyl adjacent to an activating group) is 1. The highest BCUT2D eigenvalue weighted by atomic mass is 16.5. The average molecular weight is 144 g/mol. The molecule has 1 aliphatic rings. The summed E-state index contributed by atoms with van der Waals surface area (Å²) in [4.78, 5) is 2.26. The predicted molar refractivity (Wildman–Crippen MR) is 40.9 cm³/mol. The second-order valence-corrected chi connectivity index (χ2v) is 2.74. The molecule has 1 aliphatic heterocycles. The van der Waals surface area contributed by atoms with Crippen LogP contribution in [0.1, 0.15) is 6.92 Å². The van der Waals surface area contributed by atoms with Crippen LogP contribution in [0.25, 0.3) is 0 Å². The summed E-state index contributed by atoms with van der Waals surface area (Å²) in [5, 5.41) is 3.15. The summed E-state index contributed by atoms with van der Waals surface area (Å²) >= 11 is 0. The van der Waals surface area contributed by atoms with Gasteiger partial charge in [0.25, 0.3) is 0 Å². The van der Waals surface area contributed by atoms with Crippen LogP contribution in [-0.2, 0) is 4.74 Å². The molecule has 0 aromatic rings. The number of nitrogens with zero attached hydrogens (tertiary/aromatic N) is 1. The first-order valence-electron chi connectivity index (χ1n) is 3.83. The Morgan fingerprint density at radius 1 is 1.70 bits per heavy atom. The fourth-order valence-corrected chi connectivity index (χ4v) is 1.05. The minimum absolute atomic E-state index is 0.407. The summed E-state index contributed by atoms with van der Waals surface area (Å²) in [6, 6.07) is 0. The van der Waals surface area contributed by atoms with Gasteiger partial charge in [-0.05, 0) is 13.6 Å². The number of hydrogen-bond donors (Lipinski definition) is 1. The van der Waals surface area contributed by atoms with Crippen molar-refractivity contribution in [2.45, 2.75) is 13.0 Å². The lowest BCUT2D eigenvalue weighted by Gasteiger charge is -2.17. The highest BCUT2D eigenvalue weighted by Gasteiger charge is 2.15. The lowest BCUT2D eigenvalue weighted by molar-refractivity contribution is 0.0860. The molecule has 0 bridgehead atoms. The Kier molecular flexibility index (Phi) is 3.12. The fourth-order valence-electron chi connectivity index (χ4n) is 1.05. The molecule has 60 valence electrons. The molecule has 1 N–H and O–H groups in total. The van der Waals surface area contributed by atoms with Crippen LogP contribution in [0.2, 0.25) is 0 Å². The van der Waals surface area contributed by atoms with Gasteiger partial charge in [0.15, 0.2) is 0 Å². The van der Waals surface area contributed by atoms with Crippen LogP contribution >= 0.6 is 0 Å². The van der Waals surface area contributed by atoms with Crippen molar-refractivity contribution in [3.05, 3.63) is 0 Å². The van der Waals surface area contributed by atoms with Crippen LogP contribution in [0.4, 0.5) is 0 Å². The Morgan fingerprint density at radius 3 is 3.00 bits per heavy atom. The van der Waals surface area contributed by atoms with Gasteiger partial charge in [-0.1, -0.05) is 6.92 Å².